The zero-order valence-corrected chi connectivity index (χ0v) is 10.8. The molecule has 1 aromatic rings. The van der Waals surface area contributed by atoms with Crippen molar-refractivity contribution < 1.29 is 18.0 Å². The number of carbonyl (C=O) groups excluding carboxylic acids is 1. The van der Waals surface area contributed by atoms with Crippen molar-refractivity contribution in [2.45, 2.75) is 26.2 Å². The van der Waals surface area contributed by atoms with Gasteiger partial charge in [-0.25, -0.2) is 13.2 Å². The summed E-state index contributed by atoms with van der Waals surface area (Å²) in [5, 5.41) is 0. The predicted octanol–water partition coefficient (Wildman–Crippen LogP) is 2.90. The molecule has 0 unspecified atom stereocenters. The molecule has 0 atom stereocenters. The average molecular weight is 271 g/mol. The van der Waals surface area contributed by atoms with Gasteiger partial charge in [0.15, 0.2) is 17.5 Å². The first-order valence-electron chi connectivity index (χ1n) is 6.39. The molecular formula is C14H16F3NO. The molecule has 1 aliphatic heterocycles. The van der Waals surface area contributed by atoms with Crippen LogP contribution in [0.15, 0.2) is 12.1 Å². The fourth-order valence-corrected chi connectivity index (χ4v) is 2.24. The lowest BCUT2D eigenvalue weighted by atomic mass is 9.98. The summed E-state index contributed by atoms with van der Waals surface area (Å²) in [4.78, 5) is 13.6. The van der Waals surface area contributed by atoms with Crippen LogP contribution >= 0.6 is 0 Å². The molecule has 104 valence electrons. The highest BCUT2D eigenvalue weighted by Crippen LogP contribution is 2.19. The SMILES string of the molecule is CC1CCN(C(=O)Cc2ccc(F)c(F)c2F)CC1. The Balaban J connectivity index is 2.05. The molecule has 1 aromatic carbocycles. The second-order valence-electron chi connectivity index (χ2n) is 5.07. The molecule has 1 amide bonds. The Bertz CT molecular complexity index is 482. The van der Waals surface area contributed by atoms with Crippen LogP contribution in [0.5, 0.6) is 0 Å². The van der Waals surface area contributed by atoms with E-state index in [1.807, 2.05) is 0 Å². The molecular weight excluding hydrogens is 255 g/mol. The number of hydrogen-bond donors (Lipinski definition) is 0. The van der Waals surface area contributed by atoms with Gasteiger partial charge in [-0.05, 0) is 24.8 Å². The Labute approximate surface area is 110 Å². The van der Waals surface area contributed by atoms with Crippen LogP contribution in [0.25, 0.3) is 0 Å². The van der Waals surface area contributed by atoms with Crippen LogP contribution in [0.2, 0.25) is 0 Å². The van der Waals surface area contributed by atoms with Gasteiger partial charge >= 0.3 is 0 Å². The number of likely N-dealkylation sites (tertiary alicyclic amines) is 1. The number of nitrogens with zero attached hydrogens (tertiary/aromatic N) is 1. The molecule has 0 N–H and O–H groups in total. The van der Waals surface area contributed by atoms with E-state index in [0.29, 0.717) is 19.0 Å². The topological polar surface area (TPSA) is 20.3 Å². The smallest absolute Gasteiger partial charge is 0.227 e. The van der Waals surface area contributed by atoms with E-state index in [-0.39, 0.29) is 17.9 Å². The first kappa shape index (κ1) is 13.9. The minimum atomic E-state index is -1.52. The van der Waals surface area contributed by atoms with E-state index in [9.17, 15) is 18.0 Å². The lowest BCUT2D eigenvalue weighted by Gasteiger charge is -2.30. The molecule has 1 heterocycles. The van der Waals surface area contributed by atoms with Gasteiger partial charge in [-0.15, -0.1) is 0 Å². The van der Waals surface area contributed by atoms with E-state index >= 15 is 0 Å². The lowest BCUT2D eigenvalue weighted by molar-refractivity contribution is -0.131. The van der Waals surface area contributed by atoms with Gasteiger partial charge in [0, 0.05) is 18.7 Å². The highest BCUT2D eigenvalue weighted by molar-refractivity contribution is 5.78. The third kappa shape index (κ3) is 3.08. The van der Waals surface area contributed by atoms with Crippen LogP contribution < -0.4 is 0 Å². The van der Waals surface area contributed by atoms with Crippen LogP contribution in [0.3, 0.4) is 0 Å². The van der Waals surface area contributed by atoms with E-state index < -0.39 is 17.5 Å². The number of piperidine rings is 1. The molecule has 19 heavy (non-hydrogen) atoms. The Morgan fingerprint density at radius 3 is 2.47 bits per heavy atom. The highest BCUT2D eigenvalue weighted by Gasteiger charge is 2.22. The molecule has 2 nitrogen and oxygen atoms in total. The Hall–Kier alpha value is -1.52. The molecule has 0 bridgehead atoms. The summed E-state index contributed by atoms with van der Waals surface area (Å²) in [6.07, 6.45) is 1.62. The number of halogens is 3. The van der Waals surface area contributed by atoms with Crippen molar-refractivity contribution in [2.24, 2.45) is 5.92 Å². The van der Waals surface area contributed by atoms with E-state index in [0.717, 1.165) is 25.0 Å². The standard InChI is InChI=1S/C14H16F3NO/c1-9-4-6-18(7-5-9)12(19)8-10-2-3-11(15)14(17)13(10)16/h2-3,9H,4-8H2,1H3. The summed E-state index contributed by atoms with van der Waals surface area (Å²) in [7, 11) is 0. The van der Waals surface area contributed by atoms with E-state index in [1.54, 1.807) is 4.90 Å². The second kappa shape index (κ2) is 5.63. The van der Waals surface area contributed by atoms with Gasteiger partial charge in [-0.2, -0.15) is 0 Å². The van der Waals surface area contributed by atoms with Crippen molar-refractivity contribution in [1.29, 1.82) is 0 Å². The first-order valence-corrected chi connectivity index (χ1v) is 6.39. The molecule has 1 saturated heterocycles. The third-order valence-corrected chi connectivity index (χ3v) is 3.59. The number of rotatable bonds is 2. The maximum Gasteiger partial charge on any atom is 0.227 e. The third-order valence-electron chi connectivity index (χ3n) is 3.59. The molecule has 0 saturated carbocycles. The Morgan fingerprint density at radius 2 is 1.84 bits per heavy atom. The summed E-state index contributed by atoms with van der Waals surface area (Å²) in [6, 6.07) is 1.97. The van der Waals surface area contributed by atoms with Crippen LogP contribution in [0, 0.1) is 23.4 Å². The minimum absolute atomic E-state index is 0.0949. The predicted molar refractivity (Wildman–Crippen MR) is 65.0 cm³/mol. The van der Waals surface area contributed by atoms with Crippen molar-refractivity contribution in [1.82, 2.24) is 4.90 Å². The summed E-state index contributed by atoms with van der Waals surface area (Å²) >= 11 is 0. The van der Waals surface area contributed by atoms with Crippen LogP contribution in [-0.2, 0) is 11.2 Å². The van der Waals surface area contributed by atoms with Crippen LogP contribution in [0.4, 0.5) is 13.2 Å². The second-order valence-corrected chi connectivity index (χ2v) is 5.07. The van der Waals surface area contributed by atoms with Crippen molar-refractivity contribution in [3.8, 4) is 0 Å². The van der Waals surface area contributed by atoms with Gasteiger partial charge in [0.1, 0.15) is 0 Å². The molecule has 1 aliphatic rings. The lowest BCUT2D eigenvalue weighted by Crippen LogP contribution is -2.38. The maximum atomic E-state index is 13.5. The number of hydrogen-bond acceptors (Lipinski definition) is 1. The molecule has 1 fully saturated rings. The molecule has 0 aromatic heterocycles. The van der Waals surface area contributed by atoms with Gasteiger partial charge in [0.25, 0.3) is 0 Å². The zero-order valence-electron chi connectivity index (χ0n) is 10.8. The monoisotopic (exact) mass is 271 g/mol. The maximum absolute atomic E-state index is 13.5. The molecule has 2 rings (SSSR count). The van der Waals surface area contributed by atoms with Gasteiger partial charge < -0.3 is 4.90 Å². The van der Waals surface area contributed by atoms with E-state index in [1.165, 1.54) is 0 Å². The molecule has 0 radical (unpaired) electrons. The highest BCUT2D eigenvalue weighted by atomic mass is 19.2. The fraction of sp³-hybridized carbons (Fsp3) is 0.500. The van der Waals surface area contributed by atoms with Crippen LogP contribution in [0.1, 0.15) is 25.3 Å². The Morgan fingerprint density at radius 1 is 1.21 bits per heavy atom. The van der Waals surface area contributed by atoms with E-state index in [2.05, 4.69) is 6.92 Å². The zero-order chi connectivity index (χ0) is 14.0. The summed E-state index contributed by atoms with van der Waals surface area (Å²) in [6.45, 7) is 3.41. The quantitative estimate of drug-likeness (QED) is 0.757. The number of carbonyl (C=O) groups is 1. The summed E-state index contributed by atoms with van der Waals surface area (Å²) < 4.78 is 39.3. The largest absolute Gasteiger partial charge is 0.342 e. The first-order chi connectivity index (χ1) is 8.99. The van der Waals surface area contributed by atoms with Crippen molar-refractivity contribution >= 4 is 5.91 Å². The molecule has 0 aliphatic carbocycles. The van der Waals surface area contributed by atoms with Gasteiger partial charge in [0.2, 0.25) is 5.91 Å². The van der Waals surface area contributed by atoms with Gasteiger partial charge in [0.05, 0.1) is 6.42 Å². The molecule has 5 heteroatoms. The van der Waals surface area contributed by atoms with Crippen molar-refractivity contribution in [2.75, 3.05) is 13.1 Å². The summed E-state index contributed by atoms with van der Waals surface area (Å²) in [5.74, 6) is -3.67. The molecule has 0 spiro atoms. The van der Waals surface area contributed by atoms with Crippen molar-refractivity contribution in [3.63, 3.8) is 0 Å². The normalized spacial score (nSPS) is 16.7. The summed E-state index contributed by atoms with van der Waals surface area (Å²) in [5.41, 5.74) is -0.0949. The Kier molecular flexibility index (Phi) is 4.12. The number of benzene rings is 1. The van der Waals surface area contributed by atoms with E-state index in [4.69, 9.17) is 0 Å². The fourth-order valence-electron chi connectivity index (χ4n) is 2.24. The van der Waals surface area contributed by atoms with Crippen LogP contribution in [-0.4, -0.2) is 23.9 Å². The van der Waals surface area contributed by atoms with Crippen molar-refractivity contribution in [3.05, 3.63) is 35.1 Å². The average Bonchev–Trinajstić information content (AvgIpc) is 2.40. The number of amides is 1. The van der Waals surface area contributed by atoms with Gasteiger partial charge in [-0.3, -0.25) is 4.79 Å². The van der Waals surface area contributed by atoms with Gasteiger partial charge in [-0.1, -0.05) is 13.0 Å². The minimum Gasteiger partial charge on any atom is -0.342 e.